The molecule has 0 aliphatic rings. The molecule has 5 aromatic rings. The zero-order valence-corrected chi connectivity index (χ0v) is 16.3. The summed E-state index contributed by atoms with van der Waals surface area (Å²) in [5.74, 6) is 2.86. The van der Waals surface area contributed by atoms with E-state index in [1.165, 1.54) is 0 Å². The van der Waals surface area contributed by atoms with Gasteiger partial charge in [-0.05, 0) is 66.7 Å². The van der Waals surface area contributed by atoms with Gasteiger partial charge in [-0.15, -0.1) is 0 Å². The van der Waals surface area contributed by atoms with Gasteiger partial charge in [-0.2, -0.15) is 0 Å². The summed E-state index contributed by atoms with van der Waals surface area (Å²) in [6.07, 6.45) is 1.70. The molecule has 0 N–H and O–H groups in total. The molecule has 0 aliphatic heterocycles. The summed E-state index contributed by atoms with van der Waals surface area (Å²) in [7, 11) is 1.65. The first kappa shape index (κ1) is 17.9. The summed E-state index contributed by atoms with van der Waals surface area (Å²) in [6.45, 7) is 0. The monoisotopic (exact) mass is 394 g/mol. The van der Waals surface area contributed by atoms with Crippen molar-refractivity contribution in [3.8, 4) is 28.5 Å². The van der Waals surface area contributed by atoms with Crippen molar-refractivity contribution in [2.45, 2.75) is 0 Å². The Morgan fingerprint density at radius 2 is 1.67 bits per heavy atom. The largest absolute Gasteiger partial charge is 0.497 e. The topological polar surface area (TPSA) is 60.8 Å². The van der Waals surface area contributed by atoms with Crippen molar-refractivity contribution in [3.05, 3.63) is 90.7 Å². The van der Waals surface area contributed by atoms with E-state index in [1.807, 2.05) is 84.9 Å². The van der Waals surface area contributed by atoms with E-state index in [2.05, 4.69) is 9.98 Å². The molecular formula is C25H18N2O3. The summed E-state index contributed by atoms with van der Waals surface area (Å²) in [4.78, 5) is 9.10. The number of oxazole rings is 1. The first-order chi connectivity index (χ1) is 14.8. The van der Waals surface area contributed by atoms with Crippen molar-refractivity contribution in [1.82, 2.24) is 4.98 Å². The number of benzene rings is 3. The van der Waals surface area contributed by atoms with Crippen LogP contribution in [-0.4, -0.2) is 18.3 Å². The Morgan fingerprint density at radius 1 is 0.833 bits per heavy atom. The molecule has 0 fully saturated rings. The molecule has 0 atom stereocenters. The van der Waals surface area contributed by atoms with E-state index in [0.29, 0.717) is 11.7 Å². The van der Waals surface area contributed by atoms with Crippen LogP contribution >= 0.6 is 0 Å². The summed E-state index contributed by atoms with van der Waals surface area (Å²) in [6, 6.07) is 27.1. The van der Waals surface area contributed by atoms with Crippen molar-refractivity contribution in [1.29, 1.82) is 0 Å². The Bertz CT molecular complexity index is 1320. The van der Waals surface area contributed by atoms with Gasteiger partial charge in [0, 0.05) is 11.1 Å². The molecule has 146 valence electrons. The summed E-state index contributed by atoms with van der Waals surface area (Å²) >= 11 is 0. The Kier molecular flexibility index (Phi) is 4.62. The third-order valence-electron chi connectivity index (χ3n) is 4.73. The molecule has 0 radical (unpaired) electrons. The maximum Gasteiger partial charge on any atom is 0.227 e. The maximum atomic E-state index is 5.89. The Balaban J connectivity index is 1.37. The normalized spacial score (nSPS) is 11.4. The predicted octanol–water partition coefficient (Wildman–Crippen LogP) is 6.51. The van der Waals surface area contributed by atoms with Gasteiger partial charge in [0.05, 0.1) is 19.0 Å². The molecule has 2 aromatic heterocycles. The predicted molar refractivity (Wildman–Crippen MR) is 117 cm³/mol. The van der Waals surface area contributed by atoms with Crippen molar-refractivity contribution in [2.24, 2.45) is 4.99 Å². The number of ether oxygens (including phenoxy) is 1. The fourth-order valence-corrected chi connectivity index (χ4v) is 3.17. The van der Waals surface area contributed by atoms with Crippen molar-refractivity contribution < 1.29 is 13.6 Å². The van der Waals surface area contributed by atoms with Crippen LogP contribution in [0.5, 0.6) is 5.75 Å². The number of rotatable bonds is 5. The standard InChI is InChI=1S/C25H18N2O3/c1-28-20-10-7-17(8-11-20)23-14-12-21(29-23)16-26-19-9-13-24-22(15-19)27-25(30-24)18-5-3-2-4-6-18/h2-16H,1H3. The first-order valence-electron chi connectivity index (χ1n) is 9.53. The highest BCUT2D eigenvalue weighted by molar-refractivity contribution is 5.83. The minimum atomic E-state index is 0.599. The number of fused-ring (bicyclic) bond motifs is 1. The number of methoxy groups -OCH3 is 1. The minimum absolute atomic E-state index is 0.599. The van der Waals surface area contributed by atoms with Gasteiger partial charge in [-0.3, -0.25) is 4.99 Å². The zero-order chi connectivity index (χ0) is 20.3. The first-order valence-corrected chi connectivity index (χ1v) is 9.53. The number of aliphatic imine (C=N–C) groups is 1. The second kappa shape index (κ2) is 7.72. The third kappa shape index (κ3) is 3.61. The highest BCUT2D eigenvalue weighted by Gasteiger charge is 2.08. The van der Waals surface area contributed by atoms with Gasteiger partial charge in [0.1, 0.15) is 22.8 Å². The van der Waals surface area contributed by atoms with E-state index in [1.54, 1.807) is 13.3 Å². The van der Waals surface area contributed by atoms with Crippen LogP contribution in [0.2, 0.25) is 0 Å². The molecule has 5 nitrogen and oxygen atoms in total. The quantitative estimate of drug-likeness (QED) is 0.319. The van der Waals surface area contributed by atoms with Crippen LogP contribution in [0, 0.1) is 0 Å². The molecule has 0 amide bonds. The number of hydrogen-bond acceptors (Lipinski definition) is 5. The van der Waals surface area contributed by atoms with Crippen LogP contribution in [0.1, 0.15) is 5.76 Å². The lowest BCUT2D eigenvalue weighted by molar-refractivity contribution is 0.415. The molecule has 0 spiro atoms. The van der Waals surface area contributed by atoms with E-state index >= 15 is 0 Å². The van der Waals surface area contributed by atoms with Crippen molar-refractivity contribution in [3.63, 3.8) is 0 Å². The van der Waals surface area contributed by atoms with Crippen molar-refractivity contribution >= 4 is 23.0 Å². The second-order valence-electron chi connectivity index (χ2n) is 6.73. The van der Waals surface area contributed by atoms with E-state index in [-0.39, 0.29) is 0 Å². The van der Waals surface area contributed by atoms with E-state index in [9.17, 15) is 0 Å². The molecule has 0 unspecified atom stereocenters. The van der Waals surface area contributed by atoms with Crippen LogP contribution < -0.4 is 4.74 Å². The van der Waals surface area contributed by atoms with Gasteiger partial charge in [0.15, 0.2) is 5.58 Å². The minimum Gasteiger partial charge on any atom is -0.497 e. The van der Waals surface area contributed by atoms with Gasteiger partial charge < -0.3 is 13.6 Å². The Hall–Kier alpha value is -4.12. The van der Waals surface area contributed by atoms with E-state index in [4.69, 9.17) is 13.6 Å². The smallest absolute Gasteiger partial charge is 0.227 e. The lowest BCUT2D eigenvalue weighted by atomic mass is 10.2. The maximum absolute atomic E-state index is 5.89. The number of nitrogens with zero attached hydrogens (tertiary/aromatic N) is 2. The zero-order valence-electron chi connectivity index (χ0n) is 16.3. The van der Waals surface area contributed by atoms with Crippen LogP contribution in [-0.2, 0) is 0 Å². The van der Waals surface area contributed by atoms with Crippen LogP contribution in [0.4, 0.5) is 5.69 Å². The molecule has 5 rings (SSSR count). The summed E-state index contributed by atoms with van der Waals surface area (Å²) < 4.78 is 16.9. The molecule has 3 aromatic carbocycles. The Labute approximate surface area is 173 Å². The van der Waals surface area contributed by atoms with Gasteiger partial charge in [0.25, 0.3) is 0 Å². The molecule has 0 aliphatic carbocycles. The fourth-order valence-electron chi connectivity index (χ4n) is 3.17. The van der Waals surface area contributed by atoms with Gasteiger partial charge in [-0.1, -0.05) is 18.2 Å². The van der Waals surface area contributed by atoms with Crippen LogP contribution in [0.15, 0.2) is 98.8 Å². The second-order valence-corrected chi connectivity index (χ2v) is 6.73. The lowest BCUT2D eigenvalue weighted by Gasteiger charge is -2.00. The Morgan fingerprint density at radius 3 is 2.47 bits per heavy atom. The summed E-state index contributed by atoms with van der Waals surface area (Å²) in [5, 5.41) is 0. The molecule has 30 heavy (non-hydrogen) atoms. The average Bonchev–Trinajstić information content (AvgIpc) is 3.45. The van der Waals surface area contributed by atoms with Crippen molar-refractivity contribution in [2.75, 3.05) is 7.11 Å². The van der Waals surface area contributed by atoms with Gasteiger partial charge in [-0.25, -0.2) is 4.98 Å². The SMILES string of the molecule is COc1ccc(-c2ccc(C=Nc3ccc4oc(-c5ccccc5)nc4c3)o2)cc1. The fraction of sp³-hybridized carbons (Fsp3) is 0.0400. The number of furan rings is 1. The third-order valence-corrected chi connectivity index (χ3v) is 4.73. The van der Waals surface area contributed by atoms with E-state index in [0.717, 1.165) is 39.4 Å². The highest BCUT2D eigenvalue weighted by Crippen LogP contribution is 2.28. The average molecular weight is 394 g/mol. The molecular weight excluding hydrogens is 376 g/mol. The van der Waals surface area contributed by atoms with Gasteiger partial charge in [0.2, 0.25) is 5.89 Å². The number of hydrogen-bond donors (Lipinski definition) is 0. The molecule has 0 bridgehead atoms. The molecule has 2 heterocycles. The number of aromatic nitrogens is 1. The van der Waals surface area contributed by atoms with Gasteiger partial charge >= 0.3 is 0 Å². The molecule has 5 heteroatoms. The van der Waals surface area contributed by atoms with Crippen LogP contribution in [0.3, 0.4) is 0 Å². The van der Waals surface area contributed by atoms with Crippen LogP contribution in [0.25, 0.3) is 33.9 Å². The summed E-state index contributed by atoms with van der Waals surface area (Å²) in [5.41, 5.74) is 4.19. The molecule has 0 saturated carbocycles. The van der Waals surface area contributed by atoms with E-state index < -0.39 is 0 Å². The molecule has 0 saturated heterocycles. The highest BCUT2D eigenvalue weighted by atomic mass is 16.5. The lowest BCUT2D eigenvalue weighted by Crippen LogP contribution is -1.81.